The van der Waals surface area contributed by atoms with Crippen LogP contribution in [-0.4, -0.2) is 16.7 Å². The van der Waals surface area contributed by atoms with Crippen LogP contribution >= 0.6 is 0 Å². The topological polar surface area (TPSA) is 51.7 Å². The molecule has 0 saturated heterocycles. The zero-order valence-corrected chi connectivity index (χ0v) is 5.52. The molecule has 0 unspecified atom stereocenters. The molecular formula is C5H16O2. The van der Waals surface area contributed by atoms with E-state index in [2.05, 4.69) is 0 Å². The van der Waals surface area contributed by atoms with Crippen molar-refractivity contribution >= 4 is 0 Å². The van der Waals surface area contributed by atoms with Crippen molar-refractivity contribution in [1.29, 1.82) is 0 Å². The lowest BCUT2D eigenvalue weighted by Crippen LogP contribution is -1.85. The third-order valence-electron chi connectivity index (χ3n) is 0. The maximum Gasteiger partial charge on any atom is 0.0483 e. The summed E-state index contributed by atoms with van der Waals surface area (Å²) in [6, 6.07) is 0. The Hall–Kier alpha value is -0.0800. The van der Waals surface area contributed by atoms with E-state index in [1.165, 1.54) is 0 Å². The van der Waals surface area contributed by atoms with Gasteiger partial charge in [-0.05, 0) is 13.8 Å². The van der Waals surface area contributed by atoms with E-state index in [-0.39, 0.29) is 11.6 Å². The van der Waals surface area contributed by atoms with Gasteiger partial charge < -0.3 is 10.6 Å². The number of rotatable bonds is 0. The van der Waals surface area contributed by atoms with E-state index in [1.54, 1.807) is 13.8 Å². The number of aliphatic hydroxyl groups excluding tert-OH is 1. The molecule has 3 N–H and O–H groups in total. The molecule has 0 saturated carbocycles. The van der Waals surface area contributed by atoms with Crippen molar-refractivity contribution in [3.8, 4) is 0 Å². The van der Waals surface area contributed by atoms with Crippen molar-refractivity contribution < 1.29 is 10.6 Å². The molecule has 0 aromatic rings. The van der Waals surface area contributed by atoms with E-state index >= 15 is 0 Å². The van der Waals surface area contributed by atoms with Gasteiger partial charge in [0.1, 0.15) is 0 Å². The maximum absolute atomic E-state index is 8.06. The highest BCUT2D eigenvalue weighted by molar-refractivity contribution is 4.20. The second-order valence-electron chi connectivity index (χ2n) is 1.09. The van der Waals surface area contributed by atoms with Gasteiger partial charge in [-0.25, -0.2) is 0 Å². The summed E-state index contributed by atoms with van der Waals surface area (Å²) in [6.07, 6.45) is -0.167. The summed E-state index contributed by atoms with van der Waals surface area (Å²) in [6.45, 7) is 7.44. The second kappa shape index (κ2) is 16.8. The summed E-state index contributed by atoms with van der Waals surface area (Å²) in [5.74, 6) is 0. The summed E-state index contributed by atoms with van der Waals surface area (Å²) in [7, 11) is 0. The zero-order valence-electron chi connectivity index (χ0n) is 5.52. The predicted octanol–water partition coefficient (Wildman–Crippen LogP) is 0.589. The van der Waals surface area contributed by atoms with Gasteiger partial charge in [0.05, 0.1) is 0 Å². The van der Waals surface area contributed by atoms with E-state index in [0.29, 0.717) is 0 Å². The maximum atomic E-state index is 8.06. The lowest BCUT2D eigenvalue weighted by molar-refractivity contribution is 0.216. The third-order valence-corrected chi connectivity index (χ3v) is 0. The average Bonchev–Trinajstić information content (AvgIpc) is 1.41. The predicted molar refractivity (Wildman–Crippen MR) is 32.3 cm³/mol. The average molecular weight is 108 g/mol. The van der Waals surface area contributed by atoms with Crippen molar-refractivity contribution in [3.05, 3.63) is 0 Å². The molecule has 7 heavy (non-hydrogen) atoms. The molecular weight excluding hydrogens is 92.1 g/mol. The number of hydrogen-bond donors (Lipinski definition) is 1. The van der Waals surface area contributed by atoms with Crippen molar-refractivity contribution in [3.63, 3.8) is 0 Å². The van der Waals surface area contributed by atoms with Crippen LogP contribution in [0.3, 0.4) is 0 Å². The monoisotopic (exact) mass is 108 g/mol. The van der Waals surface area contributed by atoms with Crippen LogP contribution < -0.4 is 0 Å². The Kier molecular flexibility index (Phi) is 37.9. The Morgan fingerprint density at radius 2 is 1.14 bits per heavy atom. The molecule has 2 heteroatoms. The van der Waals surface area contributed by atoms with Crippen LogP contribution in [-0.2, 0) is 0 Å². The fourth-order valence-electron chi connectivity index (χ4n) is 0. The van der Waals surface area contributed by atoms with E-state index in [9.17, 15) is 0 Å². The van der Waals surface area contributed by atoms with Gasteiger partial charge in [-0.15, -0.1) is 0 Å². The van der Waals surface area contributed by atoms with E-state index in [0.717, 1.165) is 0 Å². The molecule has 0 rings (SSSR count). The molecule has 2 nitrogen and oxygen atoms in total. The summed E-state index contributed by atoms with van der Waals surface area (Å²) in [5.41, 5.74) is 0. The van der Waals surface area contributed by atoms with Crippen LogP contribution in [0.15, 0.2) is 0 Å². The lowest BCUT2D eigenvalue weighted by Gasteiger charge is -1.80. The minimum atomic E-state index is -0.167. The lowest BCUT2D eigenvalue weighted by atomic mass is 10.5. The Morgan fingerprint density at radius 3 is 1.14 bits per heavy atom. The summed E-state index contributed by atoms with van der Waals surface area (Å²) in [5, 5.41) is 8.06. The quantitative estimate of drug-likeness (QED) is 0.485. The smallest absolute Gasteiger partial charge is 0.0483 e. The van der Waals surface area contributed by atoms with Crippen molar-refractivity contribution in [2.24, 2.45) is 0 Å². The Bertz CT molecular complexity index is 10.8. The molecule has 0 spiro atoms. The van der Waals surface area contributed by atoms with Crippen LogP contribution in [0.4, 0.5) is 0 Å². The molecule has 0 aromatic heterocycles. The fraction of sp³-hybridized carbons (Fsp3) is 1.00. The Balaban J connectivity index is -0.0000000480. The molecule has 0 amide bonds. The van der Waals surface area contributed by atoms with Gasteiger partial charge in [0.15, 0.2) is 0 Å². The molecule has 0 heterocycles. The first-order valence-electron chi connectivity index (χ1n) is 2.41. The Morgan fingerprint density at radius 1 is 1.14 bits per heavy atom. The zero-order chi connectivity index (χ0) is 5.58. The molecule has 0 fully saturated rings. The number of aliphatic hydroxyl groups is 1. The molecule has 0 radical (unpaired) electrons. The van der Waals surface area contributed by atoms with E-state index in [1.807, 2.05) is 13.8 Å². The summed E-state index contributed by atoms with van der Waals surface area (Å²) < 4.78 is 0. The molecule has 0 aliphatic rings. The summed E-state index contributed by atoms with van der Waals surface area (Å²) >= 11 is 0. The van der Waals surface area contributed by atoms with E-state index in [4.69, 9.17) is 5.11 Å². The van der Waals surface area contributed by atoms with Gasteiger partial charge in [-0.2, -0.15) is 0 Å². The second-order valence-corrected chi connectivity index (χ2v) is 1.09. The van der Waals surface area contributed by atoms with Crippen LogP contribution in [0, 0.1) is 0 Å². The third kappa shape index (κ3) is 14200. The van der Waals surface area contributed by atoms with Crippen molar-refractivity contribution in [1.82, 2.24) is 0 Å². The van der Waals surface area contributed by atoms with Crippen LogP contribution in [0.1, 0.15) is 27.7 Å². The van der Waals surface area contributed by atoms with Gasteiger partial charge in [0.2, 0.25) is 0 Å². The SMILES string of the molecule is CC.CC(C)O.O. The van der Waals surface area contributed by atoms with Crippen molar-refractivity contribution in [2.75, 3.05) is 0 Å². The van der Waals surface area contributed by atoms with Crippen molar-refractivity contribution in [2.45, 2.75) is 33.8 Å². The van der Waals surface area contributed by atoms with E-state index < -0.39 is 0 Å². The minimum absolute atomic E-state index is 0. The van der Waals surface area contributed by atoms with Gasteiger partial charge >= 0.3 is 0 Å². The fourth-order valence-corrected chi connectivity index (χ4v) is 0. The highest BCUT2D eigenvalue weighted by Gasteiger charge is 1.69. The molecule has 0 bridgehead atoms. The number of hydrogen-bond acceptors (Lipinski definition) is 1. The van der Waals surface area contributed by atoms with Crippen LogP contribution in [0.5, 0.6) is 0 Å². The largest absolute Gasteiger partial charge is 0.412 e. The van der Waals surface area contributed by atoms with Gasteiger partial charge in [-0.3, -0.25) is 0 Å². The first kappa shape index (κ1) is 15.8. The van der Waals surface area contributed by atoms with Crippen LogP contribution in [0.25, 0.3) is 0 Å². The standard InChI is InChI=1S/C3H8O.C2H6.H2O/c1-3(2)4;1-2;/h3-4H,1-2H3;1-2H3;1H2. The normalized spacial score (nSPS) is 6.00. The molecule has 0 aliphatic heterocycles. The highest BCUT2D eigenvalue weighted by Crippen LogP contribution is 1.65. The highest BCUT2D eigenvalue weighted by atomic mass is 16.3. The molecule has 0 aromatic carbocycles. The summed E-state index contributed by atoms with van der Waals surface area (Å²) in [4.78, 5) is 0. The van der Waals surface area contributed by atoms with Gasteiger partial charge in [0, 0.05) is 6.10 Å². The minimum Gasteiger partial charge on any atom is -0.412 e. The first-order chi connectivity index (χ1) is 2.73. The molecule has 0 atom stereocenters. The Labute approximate surface area is 45.5 Å². The molecule has 0 aliphatic carbocycles. The first-order valence-corrected chi connectivity index (χ1v) is 2.41. The molecule has 48 valence electrons. The van der Waals surface area contributed by atoms with Crippen LogP contribution in [0.2, 0.25) is 0 Å². The van der Waals surface area contributed by atoms with Gasteiger partial charge in [0.25, 0.3) is 0 Å². The van der Waals surface area contributed by atoms with Gasteiger partial charge in [-0.1, -0.05) is 13.8 Å².